The first-order valence-electron chi connectivity index (χ1n) is 10.5. The van der Waals surface area contributed by atoms with Crippen molar-refractivity contribution in [3.63, 3.8) is 0 Å². The molecule has 0 N–H and O–H groups in total. The Balaban J connectivity index is 1.38. The molecule has 0 spiro atoms. The summed E-state index contributed by atoms with van der Waals surface area (Å²) in [6.07, 6.45) is 3.47. The molecule has 2 aliphatic heterocycles. The van der Waals surface area contributed by atoms with Crippen LogP contribution in [0.15, 0.2) is 72.9 Å². The molecule has 4 heterocycles. The van der Waals surface area contributed by atoms with Crippen molar-refractivity contribution in [3.8, 4) is 5.75 Å². The normalized spacial score (nSPS) is 18.3. The van der Waals surface area contributed by atoms with Gasteiger partial charge < -0.3 is 9.64 Å². The van der Waals surface area contributed by atoms with Gasteiger partial charge >= 0.3 is 6.09 Å². The molecule has 2 aromatic heterocycles. The summed E-state index contributed by atoms with van der Waals surface area (Å²) < 4.78 is 7.27. The molecule has 1 saturated heterocycles. The average molecular weight is 411 g/mol. The molecule has 2 aliphatic rings. The SMILES string of the molecule is O=C1Oc2ccccc2CN1c1cnc2ccc(N3CCCC3c3ccccc3)nn12. The van der Waals surface area contributed by atoms with Crippen molar-refractivity contribution in [2.45, 2.75) is 25.4 Å². The number of nitrogens with zero attached hydrogens (tertiary/aromatic N) is 5. The van der Waals surface area contributed by atoms with E-state index in [-0.39, 0.29) is 0 Å². The number of benzene rings is 2. The molecule has 0 radical (unpaired) electrons. The third kappa shape index (κ3) is 3.01. The zero-order valence-corrected chi connectivity index (χ0v) is 16.9. The van der Waals surface area contributed by atoms with E-state index >= 15 is 0 Å². The van der Waals surface area contributed by atoms with Gasteiger partial charge in [-0.15, -0.1) is 5.10 Å². The molecule has 2 aromatic carbocycles. The highest BCUT2D eigenvalue weighted by Crippen LogP contribution is 2.36. The Kier molecular flexibility index (Phi) is 4.12. The van der Waals surface area contributed by atoms with E-state index in [0.717, 1.165) is 30.8 Å². The predicted octanol–water partition coefficient (Wildman–Crippen LogP) is 4.59. The largest absolute Gasteiger partial charge is 0.421 e. The molecule has 0 aliphatic carbocycles. The molecule has 154 valence electrons. The fraction of sp³-hybridized carbons (Fsp3) is 0.208. The number of ether oxygens (including phenoxy) is 1. The summed E-state index contributed by atoms with van der Waals surface area (Å²) >= 11 is 0. The molecule has 1 fully saturated rings. The summed E-state index contributed by atoms with van der Waals surface area (Å²) in [6.45, 7) is 1.37. The van der Waals surface area contributed by atoms with Gasteiger partial charge in [-0.3, -0.25) is 4.90 Å². The van der Waals surface area contributed by atoms with Crippen molar-refractivity contribution < 1.29 is 9.53 Å². The number of carbonyl (C=O) groups is 1. The van der Waals surface area contributed by atoms with Crippen molar-refractivity contribution in [2.24, 2.45) is 0 Å². The smallest absolute Gasteiger partial charge is 0.410 e. The molecule has 1 amide bonds. The summed E-state index contributed by atoms with van der Waals surface area (Å²) in [6, 6.07) is 22.4. The van der Waals surface area contributed by atoms with E-state index in [9.17, 15) is 4.79 Å². The highest BCUT2D eigenvalue weighted by molar-refractivity contribution is 5.90. The number of para-hydroxylation sites is 1. The zero-order chi connectivity index (χ0) is 20.8. The number of fused-ring (bicyclic) bond motifs is 2. The van der Waals surface area contributed by atoms with E-state index in [2.05, 4.69) is 34.1 Å². The van der Waals surface area contributed by atoms with Crippen LogP contribution in [-0.4, -0.2) is 27.2 Å². The van der Waals surface area contributed by atoms with E-state index in [1.54, 1.807) is 15.6 Å². The monoisotopic (exact) mass is 411 g/mol. The molecular weight excluding hydrogens is 390 g/mol. The number of carbonyl (C=O) groups excluding carboxylic acids is 1. The van der Waals surface area contributed by atoms with E-state index in [4.69, 9.17) is 9.84 Å². The first kappa shape index (κ1) is 17.9. The van der Waals surface area contributed by atoms with Gasteiger partial charge in [0.05, 0.1) is 18.8 Å². The Morgan fingerprint density at radius 1 is 0.968 bits per heavy atom. The number of hydrogen-bond acceptors (Lipinski definition) is 5. The van der Waals surface area contributed by atoms with E-state index in [1.807, 2.05) is 42.5 Å². The first-order valence-corrected chi connectivity index (χ1v) is 10.5. The van der Waals surface area contributed by atoms with Gasteiger partial charge in [0.15, 0.2) is 11.5 Å². The second kappa shape index (κ2) is 7.12. The molecule has 0 bridgehead atoms. The van der Waals surface area contributed by atoms with Crippen LogP contribution >= 0.6 is 0 Å². The van der Waals surface area contributed by atoms with E-state index in [1.165, 1.54) is 5.56 Å². The van der Waals surface area contributed by atoms with Crippen LogP contribution in [0.4, 0.5) is 16.4 Å². The lowest BCUT2D eigenvalue weighted by Gasteiger charge is -2.28. The maximum absolute atomic E-state index is 12.7. The van der Waals surface area contributed by atoms with Gasteiger partial charge in [0.2, 0.25) is 0 Å². The summed E-state index contributed by atoms with van der Waals surface area (Å²) in [5, 5.41) is 4.89. The molecular formula is C24H21N5O2. The van der Waals surface area contributed by atoms with Crippen LogP contribution in [0.2, 0.25) is 0 Å². The highest BCUT2D eigenvalue weighted by Gasteiger charge is 2.30. The van der Waals surface area contributed by atoms with Gasteiger partial charge in [-0.2, -0.15) is 4.52 Å². The van der Waals surface area contributed by atoms with Crippen LogP contribution in [-0.2, 0) is 6.54 Å². The summed E-state index contributed by atoms with van der Waals surface area (Å²) in [5.74, 6) is 2.09. The quantitative estimate of drug-likeness (QED) is 0.493. The minimum atomic E-state index is -0.420. The molecule has 4 aromatic rings. The van der Waals surface area contributed by atoms with Crippen LogP contribution in [0, 0.1) is 0 Å². The topological polar surface area (TPSA) is 63.0 Å². The fourth-order valence-electron chi connectivity index (χ4n) is 4.54. The number of amides is 1. The second-order valence-electron chi connectivity index (χ2n) is 7.90. The van der Waals surface area contributed by atoms with Gasteiger partial charge in [0, 0.05) is 12.1 Å². The third-order valence-corrected chi connectivity index (χ3v) is 6.06. The Bertz CT molecular complexity index is 1270. The van der Waals surface area contributed by atoms with Crippen LogP contribution in [0.5, 0.6) is 5.75 Å². The van der Waals surface area contributed by atoms with E-state index < -0.39 is 6.09 Å². The number of rotatable bonds is 3. The first-order chi connectivity index (χ1) is 15.3. The highest BCUT2D eigenvalue weighted by atomic mass is 16.6. The third-order valence-electron chi connectivity index (χ3n) is 6.06. The number of anilines is 2. The minimum absolute atomic E-state index is 0.296. The summed E-state index contributed by atoms with van der Waals surface area (Å²) in [5.41, 5.74) is 2.95. The molecule has 31 heavy (non-hydrogen) atoms. The lowest BCUT2D eigenvalue weighted by molar-refractivity contribution is 0.202. The summed E-state index contributed by atoms with van der Waals surface area (Å²) in [7, 11) is 0. The van der Waals surface area contributed by atoms with Crippen LogP contribution in [0.25, 0.3) is 5.65 Å². The van der Waals surface area contributed by atoms with Crippen molar-refractivity contribution in [3.05, 3.63) is 84.1 Å². The van der Waals surface area contributed by atoms with Crippen LogP contribution in [0.1, 0.15) is 30.0 Å². The Morgan fingerprint density at radius 2 is 1.81 bits per heavy atom. The average Bonchev–Trinajstić information content (AvgIpc) is 3.46. The van der Waals surface area contributed by atoms with Gasteiger partial charge in [-0.05, 0) is 36.6 Å². The Morgan fingerprint density at radius 3 is 2.71 bits per heavy atom. The lowest BCUT2D eigenvalue weighted by Crippen LogP contribution is -2.38. The molecule has 0 saturated carbocycles. The fourth-order valence-corrected chi connectivity index (χ4v) is 4.54. The molecule has 7 heteroatoms. The number of imidazole rings is 1. The maximum atomic E-state index is 12.7. The van der Waals surface area contributed by atoms with Crippen molar-refractivity contribution in [2.75, 3.05) is 16.3 Å². The van der Waals surface area contributed by atoms with Crippen LogP contribution < -0.4 is 14.5 Å². The van der Waals surface area contributed by atoms with Gasteiger partial charge in [-0.1, -0.05) is 48.5 Å². The maximum Gasteiger partial charge on any atom is 0.421 e. The lowest BCUT2D eigenvalue weighted by atomic mass is 10.0. The molecule has 6 rings (SSSR count). The van der Waals surface area contributed by atoms with Gasteiger partial charge in [-0.25, -0.2) is 9.78 Å². The van der Waals surface area contributed by atoms with E-state index in [0.29, 0.717) is 29.8 Å². The molecule has 1 unspecified atom stereocenters. The van der Waals surface area contributed by atoms with Gasteiger partial charge in [0.1, 0.15) is 11.6 Å². The summed E-state index contributed by atoms with van der Waals surface area (Å²) in [4.78, 5) is 21.1. The van der Waals surface area contributed by atoms with Crippen molar-refractivity contribution >= 4 is 23.4 Å². The van der Waals surface area contributed by atoms with Gasteiger partial charge in [0.25, 0.3) is 0 Å². The van der Waals surface area contributed by atoms with Crippen molar-refractivity contribution in [1.29, 1.82) is 0 Å². The molecule has 1 atom stereocenters. The standard InChI is InChI=1S/C24H21N5O2/c30-24-28(16-18-9-4-5-11-20(18)31-24)23-15-25-21-12-13-22(26-29(21)23)27-14-6-10-19(27)17-7-2-1-3-8-17/h1-5,7-9,11-13,15,19H,6,10,14,16H2. The minimum Gasteiger partial charge on any atom is -0.410 e. The predicted molar refractivity (Wildman–Crippen MR) is 117 cm³/mol. The Hall–Kier alpha value is -3.87. The van der Waals surface area contributed by atoms with Crippen LogP contribution in [0.3, 0.4) is 0 Å². The number of aromatic nitrogens is 3. The van der Waals surface area contributed by atoms with Crippen molar-refractivity contribution in [1.82, 2.24) is 14.6 Å². The number of hydrogen-bond donors (Lipinski definition) is 0. The second-order valence-corrected chi connectivity index (χ2v) is 7.90. The zero-order valence-electron chi connectivity index (χ0n) is 16.9. The molecule has 7 nitrogen and oxygen atoms in total. The Labute approximate surface area is 179 Å².